The van der Waals surface area contributed by atoms with Crippen molar-refractivity contribution in [3.8, 4) is 5.75 Å². The average Bonchev–Trinajstić information content (AvgIpc) is 2.16. The summed E-state index contributed by atoms with van der Waals surface area (Å²) in [6.45, 7) is 3.02. The highest BCUT2D eigenvalue weighted by molar-refractivity contribution is 5.88. The molecule has 1 radical (unpaired) electrons. The molecule has 0 saturated heterocycles. The number of hydrogen-bond acceptors (Lipinski definition) is 1. The van der Waals surface area contributed by atoms with Gasteiger partial charge in [0.2, 0.25) is 5.79 Å². The van der Waals surface area contributed by atoms with Gasteiger partial charge in [-0.2, -0.15) is 5.11 Å². The Morgan fingerprint density at radius 3 is 2.40 bits per heavy atom. The van der Waals surface area contributed by atoms with Gasteiger partial charge in [-0.15, -0.1) is 0 Å². The van der Waals surface area contributed by atoms with Crippen LogP contribution in [0.3, 0.4) is 0 Å². The summed E-state index contributed by atoms with van der Waals surface area (Å²) in [5.41, 5.74) is 0. The summed E-state index contributed by atoms with van der Waals surface area (Å²) < 4.78 is 5.36. The Kier molecular flexibility index (Phi) is 2.37. The molecule has 0 heterocycles. The van der Waals surface area contributed by atoms with Crippen LogP contribution in [0.25, 0.3) is 10.8 Å². The first kappa shape index (κ1) is 9.99. The number of fused-ring (bicyclic) bond motifs is 1. The Bertz CT molecular complexity index is 464. The Morgan fingerprint density at radius 2 is 1.67 bits per heavy atom. The number of rotatable bonds is 2. The molecule has 0 aliphatic carbocycles. The predicted molar refractivity (Wildman–Crippen MR) is 59.3 cm³/mol. The SMILES string of the molecule is CC(C)([O])Oc1cccc2ccccc12. The van der Waals surface area contributed by atoms with Gasteiger partial charge in [0.05, 0.1) is 0 Å². The lowest BCUT2D eigenvalue weighted by molar-refractivity contribution is -0.152. The van der Waals surface area contributed by atoms with Gasteiger partial charge in [-0.05, 0) is 11.5 Å². The van der Waals surface area contributed by atoms with Crippen LogP contribution in [0.2, 0.25) is 0 Å². The lowest BCUT2D eigenvalue weighted by Crippen LogP contribution is -2.25. The quantitative estimate of drug-likeness (QED) is 0.685. The van der Waals surface area contributed by atoms with E-state index >= 15 is 0 Å². The van der Waals surface area contributed by atoms with Crippen molar-refractivity contribution in [2.75, 3.05) is 0 Å². The van der Waals surface area contributed by atoms with Gasteiger partial charge < -0.3 is 4.74 Å². The fourth-order valence-electron chi connectivity index (χ4n) is 1.55. The van der Waals surface area contributed by atoms with Crippen LogP contribution in [-0.2, 0) is 5.11 Å². The standard InChI is InChI=1S/C13H13O2/c1-13(2,14)15-12-9-5-7-10-6-3-4-8-11(10)12/h3-9H,1-2H3. The molecule has 2 nitrogen and oxygen atoms in total. The minimum Gasteiger partial charge on any atom is -0.460 e. The average molecular weight is 201 g/mol. The summed E-state index contributed by atoms with van der Waals surface area (Å²) >= 11 is 0. The van der Waals surface area contributed by atoms with Crippen molar-refractivity contribution >= 4 is 10.8 Å². The highest BCUT2D eigenvalue weighted by Crippen LogP contribution is 2.27. The molecule has 0 atom stereocenters. The molecule has 0 aromatic heterocycles. The van der Waals surface area contributed by atoms with Crippen molar-refractivity contribution in [1.82, 2.24) is 0 Å². The van der Waals surface area contributed by atoms with E-state index in [4.69, 9.17) is 4.74 Å². The first-order valence-electron chi connectivity index (χ1n) is 4.93. The van der Waals surface area contributed by atoms with Gasteiger partial charge >= 0.3 is 0 Å². The van der Waals surface area contributed by atoms with E-state index in [1.165, 1.54) is 13.8 Å². The third-order valence-electron chi connectivity index (χ3n) is 2.11. The summed E-state index contributed by atoms with van der Waals surface area (Å²) in [7, 11) is 0. The molecule has 0 fully saturated rings. The van der Waals surface area contributed by atoms with Crippen LogP contribution in [0.15, 0.2) is 42.5 Å². The number of ether oxygens (including phenoxy) is 1. The molecule has 0 aliphatic heterocycles. The van der Waals surface area contributed by atoms with Gasteiger partial charge in [0, 0.05) is 19.2 Å². The van der Waals surface area contributed by atoms with Crippen LogP contribution in [-0.4, -0.2) is 5.79 Å². The largest absolute Gasteiger partial charge is 0.460 e. The van der Waals surface area contributed by atoms with Crippen molar-refractivity contribution in [2.24, 2.45) is 0 Å². The zero-order valence-electron chi connectivity index (χ0n) is 8.86. The van der Waals surface area contributed by atoms with E-state index < -0.39 is 5.79 Å². The first-order chi connectivity index (χ1) is 7.06. The van der Waals surface area contributed by atoms with Gasteiger partial charge in [0.15, 0.2) is 0 Å². The molecular formula is C13H13O2. The fraction of sp³-hybridized carbons (Fsp3) is 0.231. The van der Waals surface area contributed by atoms with Crippen molar-refractivity contribution in [3.63, 3.8) is 0 Å². The molecular weight excluding hydrogens is 188 g/mol. The van der Waals surface area contributed by atoms with E-state index in [2.05, 4.69) is 0 Å². The van der Waals surface area contributed by atoms with Crippen LogP contribution in [0.1, 0.15) is 13.8 Å². The lowest BCUT2D eigenvalue weighted by atomic mass is 10.1. The summed E-state index contributed by atoms with van der Waals surface area (Å²) in [6.07, 6.45) is 0. The molecule has 0 bridgehead atoms. The van der Waals surface area contributed by atoms with Gasteiger partial charge in [-0.3, -0.25) is 0 Å². The molecule has 0 amide bonds. The maximum atomic E-state index is 11.5. The molecule has 2 aromatic rings. The summed E-state index contributed by atoms with van der Waals surface area (Å²) in [5.74, 6) is -0.752. The molecule has 2 rings (SSSR count). The topological polar surface area (TPSA) is 29.1 Å². The van der Waals surface area contributed by atoms with Crippen molar-refractivity contribution in [1.29, 1.82) is 0 Å². The van der Waals surface area contributed by atoms with Crippen molar-refractivity contribution < 1.29 is 9.84 Å². The van der Waals surface area contributed by atoms with Gasteiger partial charge in [0.25, 0.3) is 0 Å². The van der Waals surface area contributed by atoms with Gasteiger partial charge in [-0.1, -0.05) is 36.4 Å². The maximum Gasteiger partial charge on any atom is 0.235 e. The summed E-state index contributed by atoms with van der Waals surface area (Å²) in [4.78, 5) is 0. The van der Waals surface area contributed by atoms with E-state index in [1.54, 1.807) is 0 Å². The van der Waals surface area contributed by atoms with E-state index in [0.29, 0.717) is 5.75 Å². The third kappa shape index (κ3) is 2.28. The summed E-state index contributed by atoms with van der Waals surface area (Å²) in [5, 5.41) is 13.6. The molecule has 0 aliphatic rings. The Morgan fingerprint density at radius 1 is 1.00 bits per heavy atom. The second-order valence-electron chi connectivity index (χ2n) is 3.98. The maximum absolute atomic E-state index is 11.5. The number of benzene rings is 2. The molecule has 0 spiro atoms. The van der Waals surface area contributed by atoms with E-state index in [1.807, 2.05) is 42.5 Å². The van der Waals surface area contributed by atoms with Gasteiger partial charge in [-0.25, -0.2) is 0 Å². The molecule has 2 heteroatoms. The zero-order chi connectivity index (χ0) is 10.9. The monoisotopic (exact) mass is 201 g/mol. The Balaban J connectivity index is 2.52. The highest BCUT2D eigenvalue weighted by Gasteiger charge is 2.17. The fourth-order valence-corrected chi connectivity index (χ4v) is 1.55. The second-order valence-corrected chi connectivity index (χ2v) is 3.98. The highest BCUT2D eigenvalue weighted by atomic mass is 16.6. The van der Waals surface area contributed by atoms with Crippen molar-refractivity contribution in [2.45, 2.75) is 19.6 Å². The van der Waals surface area contributed by atoms with Crippen LogP contribution >= 0.6 is 0 Å². The molecule has 2 aromatic carbocycles. The number of hydrogen-bond donors (Lipinski definition) is 0. The van der Waals surface area contributed by atoms with Crippen LogP contribution in [0.4, 0.5) is 0 Å². The lowest BCUT2D eigenvalue weighted by Gasteiger charge is -2.18. The predicted octanol–water partition coefficient (Wildman–Crippen LogP) is 3.39. The van der Waals surface area contributed by atoms with Crippen LogP contribution < -0.4 is 4.74 Å². The smallest absolute Gasteiger partial charge is 0.235 e. The molecule has 0 unspecified atom stereocenters. The zero-order valence-corrected chi connectivity index (χ0v) is 8.86. The molecule has 0 N–H and O–H groups in total. The normalized spacial score (nSPS) is 11.7. The molecule has 0 saturated carbocycles. The summed E-state index contributed by atoms with van der Waals surface area (Å²) in [6, 6.07) is 13.6. The van der Waals surface area contributed by atoms with E-state index in [9.17, 15) is 5.11 Å². The van der Waals surface area contributed by atoms with Crippen LogP contribution in [0.5, 0.6) is 5.75 Å². The third-order valence-corrected chi connectivity index (χ3v) is 2.11. The van der Waals surface area contributed by atoms with Gasteiger partial charge in [0.1, 0.15) is 5.75 Å². The van der Waals surface area contributed by atoms with Crippen LogP contribution in [0, 0.1) is 0 Å². The van der Waals surface area contributed by atoms with E-state index in [-0.39, 0.29) is 0 Å². The first-order valence-corrected chi connectivity index (χ1v) is 4.93. The molecule has 77 valence electrons. The Labute approximate surface area is 89.1 Å². The van der Waals surface area contributed by atoms with Crippen molar-refractivity contribution in [3.05, 3.63) is 42.5 Å². The molecule has 15 heavy (non-hydrogen) atoms. The second kappa shape index (κ2) is 3.55. The Hall–Kier alpha value is -1.54. The van der Waals surface area contributed by atoms with E-state index in [0.717, 1.165) is 10.8 Å². The minimum atomic E-state index is -1.40. The minimum absolute atomic E-state index is 0.646.